The summed E-state index contributed by atoms with van der Waals surface area (Å²) in [5.41, 5.74) is 0.695. The van der Waals surface area contributed by atoms with Crippen LogP contribution in [0.5, 0.6) is 5.75 Å². The molecule has 0 aromatic heterocycles. The zero-order chi connectivity index (χ0) is 17.9. The number of benzene rings is 1. The van der Waals surface area contributed by atoms with E-state index in [1.807, 2.05) is 0 Å². The van der Waals surface area contributed by atoms with Crippen LogP contribution in [0, 0.1) is 11.7 Å². The highest BCUT2D eigenvalue weighted by molar-refractivity contribution is 5.85. The summed E-state index contributed by atoms with van der Waals surface area (Å²) in [5.74, 6) is -1.48. The molecule has 1 aromatic carbocycles. The maximum Gasteiger partial charge on any atom is 0.573 e. The van der Waals surface area contributed by atoms with E-state index in [0.29, 0.717) is 24.7 Å². The van der Waals surface area contributed by atoms with Crippen molar-refractivity contribution in [3.8, 4) is 5.75 Å². The van der Waals surface area contributed by atoms with Gasteiger partial charge in [-0.2, -0.15) is 0 Å². The van der Waals surface area contributed by atoms with Crippen LogP contribution in [0.2, 0.25) is 0 Å². The number of alkyl halides is 3. The van der Waals surface area contributed by atoms with Gasteiger partial charge in [0, 0.05) is 45.4 Å². The van der Waals surface area contributed by atoms with Gasteiger partial charge in [-0.1, -0.05) is 6.07 Å². The number of hydrogen-bond donors (Lipinski definition) is 1. The Kier molecular flexibility index (Phi) is 9.57. The second-order valence-electron chi connectivity index (χ2n) is 6.42. The van der Waals surface area contributed by atoms with Crippen molar-refractivity contribution in [3.63, 3.8) is 0 Å². The molecule has 2 aliphatic rings. The monoisotopic (exact) mass is 434 g/mol. The fourth-order valence-corrected chi connectivity index (χ4v) is 3.68. The van der Waals surface area contributed by atoms with Crippen molar-refractivity contribution in [1.82, 2.24) is 10.2 Å². The Morgan fingerprint density at radius 2 is 1.74 bits per heavy atom. The smallest absolute Gasteiger partial charge is 0.403 e. The van der Waals surface area contributed by atoms with E-state index in [-0.39, 0.29) is 30.9 Å². The minimum Gasteiger partial charge on any atom is -0.403 e. The highest BCUT2D eigenvalue weighted by atomic mass is 35.5. The Hall–Kier alpha value is -0.800. The summed E-state index contributed by atoms with van der Waals surface area (Å²) >= 11 is 0. The first-order chi connectivity index (χ1) is 11.9. The van der Waals surface area contributed by atoms with Crippen LogP contribution in [0.3, 0.4) is 0 Å². The summed E-state index contributed by atoms with van der Waals surface area (Å²) in [6, 6.07) is 3.78. The first-order valence-electron chi connectivity index (χ1n) is 8.52. The van der Waals surface area contributed by atoms with E-state index >= 15 is 0 Å². The standard InChI is InChI=1S/C17H22F4N2O2.2ClH/c18-14-11-13(1-2-15(14)25-17(19,20)21)16(12-3-9-24-10-4-12)23-7-5-22-6-8-23;;/h1-2,11-12,16,22H,3-10H2;2*1H/t16-;;/m0../s1. The Morgan fingerprint density at radius 1 is 1.11 bits per heavy atom. The molecule has 0 aliphatic carbocycles. The Bertz CT molecular complexity index is 563. The lowest BCUT2D eigenvalue weighted by molar-refractivity contribution is -0.275. The topological polar surface area (TPSA) is 33.7 Å². The molecular weight excluding hydrogens is 411 g/mol. The van der Waals surface area contributed by atoms with Gasteiger partial charge in [-0.3, -0.25) is 4.90 Å². The molecule has 27 heavy (non-hydrogen) atoms. The normalized spacial score (nSPS) is 20.3. The summed E-state index contributed by atoms with van der Waals surface area (Å²) < 4.78 is 60.4. The lowest BCUT2D eigenvalue weighted by Gasteiger charge is -2.41. The van der Waals surface area contributed by atoms with Gasteiger partial charge in [0.2, 0.25) is 0 Å². The van der Waals surface area contributed by atoms with E-state index in [4.69, 9.17) is 4.74 Å². The number of nitrogens with zero attached hydrogens (tertiary/aromatic N) is 1. The van der Waals surface area contributed by atoms with Crippen molar-refractivity contribution in [2.45, 2.75) is 25.2 Å². The molecular formula is C17H24Cl2F4N2O2. The highest BCUT2D eigenvalue weighted by Gasteiger charge is 2.34. The quantitative estimate of drug-likeness (QED) is 0.727. The Morgan fingerprint density at radius 3 is 2.30 bits per heavy atom. The second-order valence-corrected chi connectivity index (χ2v) is 6.42. The fraction of sp³-hybridized carbons (Fsp3) is 0.647. The largest absolute Gasteiger partial charge is 0.573 e. The molecule has 10 heteroatoms. The first-order valence-corrected chi connectivity index (χ1v) is 8.52. The van der Waals surface area contributed by atoms with Gasteiger partial charge in [0.1, 0.15) is 0 Å². The van der Waals surface area contributed by atoms with Gasteiger partial charge in [0.15, 0.2) is 11.6 Å². The predicted molar refractivity (Wildman–Crippen MR) is 98.3 cm³/mol. The highest BCUT2D eigenvalue weighted by Crippen LogP contribution is 2.37. The Balaban J connectivity index is 0.00000182. The van der Waals surface area contributed by atoms with Crippen LogP contribution < -0.4 is 10.1 Å². The van der Waals surface area contributed by atoms with Crippen LogP contribution >= 0.6 is 24.8 Å². The molecule has 1 aromatic rings. The molecule has 1 atom stereocenters. The van der Waals surface area contributed by atoms with Crippen LogP contribution in [-0.2, 0) is 4.74 Å². The maximum absolute atomic E-state index is 14.2. The predicted octanol–water partition coefficient (Wildman–Crippen LogP) is 3.94. The molecule has 0 saturated carbocycles. The van der Waals surface area contributed by atoms with Crippen LogP contribution in [0.25, 0.3) is 0 Å². The van der Waals surface area contributed by atoms with Gasteiger partial charge in [-0.25, -0.2) is 4.39 Å². The van der Waals surface area contributed by atoms with E-state index in [2.05, 4.69) is 15.0 Å². The third-order valence-corrected chi connectivity index (χ3v) is 4.78. The molecule has 0 radical (unpaired) electrons. The number of halogens is 6. The lowest BCUT2D eigenvalue weighted by Crippen LogP contribution is -2.47. The summed E-state index contributed by atoms with van der Waals surface area (Å²) in [6.07, 6.45) is -3.19. The van der Waals surface area contributed by atoms with Crippen LogP contribution in [-0.4, -0.2) is 50.7 Å². The third kappa shape index (κ3) is 6.64. The van der Waals surface area contributed by atoms with E-state index < -0.39 is 17.9 Å². The van der Waals surface area contributed by atoms with Crippen molar-refractivity contribution in [1.29, 1.82) is 0 Å². The minimum absolute atomic E-state index is 0. The van der Waals surface area contributed by atoms with Gasteiger partial charge in [0.25, 0.3) is 0 Å². The van der Waals surface area contributed by atoms with Crippen molar-refractivity contribution < 1.29 is 27.0 Å². The summed E-state index contributed by atoms with van der Waals surface area (Å²) in [7, 11) is 0. The van der Waals surface area contributed by atoms with Gasteiger partial charge in [0.05, 0.1) is 0 Å². The van der Waals surface area contributed by atoms with Gasteiger partial charge in [-0.05, 0) is 36.5 Å². The van der Waals surface area contributed by atoms with Crippen molar-refractivity contribution in [3.05, 3.63) is 29.6 Å². The van der Waals surface area contributed by atoms with Crippen LogP contribution in [0.4, 0.5) is 17.6 Å². The molecule has 2 fully saturated rings. The number of rotatable bonds is 4. The maximum atomic E-state index is 14.2. The van der Waals surface area contributed by atoms with E-state index in [1.54, 1.807) is 6.07 Å². The molecule has 0 unspecified atom stereocenters. The molecule has 2 saturated heterocycles. The van der Waals surface area contributed by atoms with E-state index in [9.17, 15) is 17.6 Å². The van der Waals surface area contributed by atoms with E-state index in [0.717, 1.165) is 45.1 Å². The molecule has 0 bridgehead atoms. The van der Waals surface area contributed by atoms with E-state index in [1.165, 1.54) is 6.07 Å². The molecule has 2 aliphatic heterocycles. The van der Waals surface area contributed by atoms with Gasteiger partial charge < -0.3 is 14.8 Å². The zero-order valence-electron chi connectivity index (χ0n) is 14.6. The summed E-state index contributed by atoms with van der Waals surface area (Å²) in [5, 5.41) is 3.28. The number of nitrogens with one attached hydrogen (secondary N) is 1. The minimum atomic E-state index is -4.90. The Labute approximate surface area is 168 Å². The summed E-state index contributed by atoms with van der Waals surface area (Å²) in [6.45, 7) is 4.65. The molecule has 0 spiro atoms. The average Bonchev–Trinajstić information content (AvgIpc) is 2.58. The lowest BCUT2D eigenvalue weighted by atomic mass is 9.85. The van der Waals surface area contributed by atoms with Crippen LogP contribution in [0.1, 0.15) is 24.4 Å². The van der Waals surface area contributed by atoms with Gasteiger partial charge in [-0.15, -0.1) is 38.0 Å². The number of ether oxygens (including phenoxy) is 2. The van der Waals surface area contributed by atoms with Crippen molar-refractivity contribution >= 4 is 24.8 Å². The molecule has 156 valence electrons. The number of piperazine rings is 1. The molecule has 1 N–H and O–H groups in total. The number of hydrogen-bond acceptors (Lipinski definition) is 4. The van der Waals surface area contributed by atoms with Crippen molar-refractivity contribution in [2.24, 2.45) is 5.92 Å². The fourth-order valence-electron chi connectivity index (χ4n) is 3.68. The van der Waals surface area contributed by atoms with Crippen molar-refractivity contribution in [2.75, 3.05) is 39.4 Å². The average molecular weight is 435 g/mol. The zero-order valence-corrected chi connectivity index (χ0v) is 16.3. The third-order valence-electron chi connectivity index (χ3n) is 4.78. The van der Waals surface area contributed by atoms with Gasteiger partial charge >= 0.3 is 6.36 Å². The molecule has 2 heterocycles. The molecule has 3 rings (SSSR count). The first kappa shape index (κ1) is 24.2. The molecule has 4 nitrogen and oxygen atoms in total. The second kappa shape index (κ2) is 10.7. The molecule has 0 amide bonds. The SMILES string of the molecule is Cl.Cl.Fc1cc([C@H](C2CCOCC2)N2CCNCC2)ccc1OC(F)(F)F. The summed E-state index contributed by atoms with van der Waals surface area (Å²) in [4.78, 5) is 2.28. The van der Waals surface area contributed by atoms with Crippen LogP contribution in [0.15, 0.2) is 18.2 Å².